The predicted molar refractivity (Wildman–Crippen MR) is 64.9 cm³/mol. The maximum absolute atomic E-state index is 10.9. The Labute approximate surface area is 102 Å². The van der Waals surface area contributed by atoms with Crippen molar-refractivity contribution in [2.75, 3.05) is 18.6 Å². The second kappa shape index (κ2) is 6.09. The van der Waals surface area contributed by atoms with Gasteiger partial charge in [0.2, 0.25) is 0 Å². The van der Waals surface area contributed by atoms with Crippen molar-refractivity contribution in [3.05, 3.63) is 28.3 Å². The number of nitro groups is 1. The summed E-state index contributed by atoms with van der Waals surface area (Å²) in [5.41, 5.74) is 5.55. The number of anilines is 1. The van der Waals surface area contributed by atoms with Gasteiger partial charge >= 0.3 is 5.97 Å². The van der Waals surface area contributed by atoms with E-state index < -0.39 is 4.92 Å². The second-order valence-corrected chi connectivity index (χ2v) is 4.32. The molecule has 0 saturated heterocycles. The average molecular weight is 256 g/mol. The van der Waals surface area contributed by atoms with Crippen LogP contribution < -0.4 is 5.73 Å². The van der Waals surface area contributed by atoms with Crippen molar-refractivity contribution in [3.8, 4) is 0 Å². The van der Waals surface area contributed by atoms with Crippen LogP contribution in [-0.2, 0) is 9.53 Å². The zero-order chi connectivity index (χ0) is 12.8. The molecule has 0 aliphatic rings. The number of ether oxygens (including phenoxy) is 1. The zero-order valence-corrected chi connectivity index (χ0v) is 10.0. The lowest BCUT2D eigenvalue weighted by Crippen LogP contribution is -2.01. The van der Waals surface area contributed by atoms with Crippen LogP contribution in [-0.4, -0.2) is 23.8 Å². The second-order valence-electron chi connectivity index (χ2n) is 3.15. The first-order valence-corrected chi connectivity index (χ1v) is 5.76. The van der Waals surface area contributed by atoms with E-state index in [0.29, 0.717) is 5.75 Å². The quantitative estimate of drug-likeness (QED) is 0.284. The van der Waals surface area contributed by atoms with Crippen LogP contribution in [0.25, 0.3) is 0 Å². The standard InChI is InChI=1S/C10H12N2O4S/c1-16-10(13)4-5-17-7-2-3-9(12(14)15)8(11)6-7/h2-3,6H,4-5,11H2,1H3. The average Bonchev–Trinajstić information content (AvgIpc) is 2.28. The molecule has 0 heterocycles. The summed E-state index contributed by atoms with van der Waals surface area (Å²) in [6, 6.07) is 4.49. The minimum Gasteiger partial charge on any atom is -0.469 e. The molecular formula is C10H12N2O4S. The molecule has 0 atom stereocenters. The fourth-order valence-electron chi connectivity index (χ4n) is 1.14. The highest BCUT2D eigenvalue weighted by Gasteiger charge is 2.11. The molecule has 0 fully saturated rings. The molecule has 1 rings (SSSR count). The van der Waals surface area contributed by atoms with Gasteiger partial charge in [0.1, 0.15) is 5.69 Å². The molecule has 17 heavy (non-hydrogen) atoms. The van der Waals surface area contributed by atoms with E-state index in [0.717, 1.165) is 4.90 Å². The third-order valence-corrected chi connectivity index (χ3v) is 2.99. The van der Waals surface area contributed by atoms with Gasteiger partial charge in [0.15, 0.2) is 0 Å². The smallest absolute Gasteiger partial charge is 0.306 e. The van der Waals surface area contributed by atoms with Gasteiger partial charge in [-0.15, -0.1) is 11.8 Å². The summed E-state index contributed by atoms with van der Waals surface area (Å²) in [7, 11) is 1.33. The third-order valence-electron chi connectivity index (χ3n) is 2.00. The molecule has 1 aromatic carbocycles. The zero-order valence-electron chi connectivity index (χ0n) is 9.21. The first-order chi connectivity index (χ1) is 8.04. The van der Waals surface area contributed by atoms with Crippen LogP contribution >= 0.6 is 11.8 Å². The number of benzene rings is 1. The van der Waals surface area contributed by atoms with Gasteiger partial charge in [-0.3, -0.25) is 14.9 Å². The van der Waals surface area contributed by atoms with Crippen molar-refractivity contribution in [1.29, 1.82) is 0 Å². The number of hydrogen-bond donors (Lipinski definition) is 1. The van der Waals surface area contributed by atoms with E-state index in [1.807, 2.05) is 0 Å². The van der Waals surface area contributed by atoms with Crippen LogP contribution in [0.5, 0.6) is 0 Å². The van der Waals surface area contributed by atoms with Crippen LogP contribution in [0.15, 0.2) is 23.1 Å². The summed E-state index contributed by atoms with van der Waals surface area (Å²) in [4.78, 5) is 21.7. The molecule has 1 aromatic rings. The van der Waals surface area contributed by atoms with Crippen molar-refractivity contribution < 1.29 is 14.5 Å². The topological polar surface area (TPSA) is 95.5 Å². The number of carbonyl (C=O) groups excluding carboxylic acids is 1. The van der Waals surface area contributed by atoms with Gasteiger partial charge in [-0.1, -0.05) is 0 Å². The lowest BCUT2D eigenvalue weighted by molar-refractivity contribution is -0.383. The monoisotopic (exact) mass is 256 g/mol. The number of nitrogens with zero attached hydrogens (tertiary/aromatic N) is 1. The van der Waals surface area contributed by atoms with Gasteiger partial charge in [-0.05, 0) is 12.1 Å². The molecule has 0 aliphatic heterocycles. The van der Waals surface area contributed by atoms with Gasteiger partial charge in [0.05, 0.1) is 18.5 Å². The Balaban J connectivity index is 2.59. The summed E-state index contributed by atoms with van der Waals surface area (Å²) >= 11 is 1.40. The highest BCUT2D eigenvalue weighted by molar-refractivity contribution is 7.99. The Kier molecular flexibility index (Phi) is 4.77. The van der Waals surface area contributed by atoms with E-state index in [2.05, 4.69) is 4.74 Å². The number of nitrogens with two attached hydrogens (primary N) is 1. The lowest BCUT2D eigenvalue weighted by Gasteiger charge is -2.02. The van der Waals surface area contributed by atoms with E-state index in [1.165, 1.54) is 31.0 Å². The minimum atomic E-state index is -0.530. The molecule has 0 radical (unpaired) electrons. The van der Waals surface area contributed by atoms with E-state index >= 15 is 0 Å². The predicted octanol–water partition coefficient (Wildman–Crippen LogP) is 1.83. The van der Waals surface area contributed by atoms with Crippen LogP contribution in [0.3, 0.4) is 0 Å². The maximum Gasteiger partial charge on any atom is 0.306 e. The highest BCUT2D eigenvalue weighted by atomic mass is 32.2. The highest BCUT2D eigenvalue weighted by Crippen LogP contribution is 2.27. The molecule has 0 aliphatic carbocycles. The Bertz CT molecular complexity index is 436. The van der Waals surface area contributed by atoms with Crippen molar-refractivity contribution in [3.63, 3.8) is 0 Å². The third kappa shape index (κ3) is 3.95. The maximum atomic E-state index is 10.9. The van der Waals surface area contributed by atoms with Crippen molar-refractivity contribution in [2.24, 2.45) is 0 Å². The number of esters is 1. The molecule has 6 nitrogen and oxygen atoms in total. The molecule has 0 spiro atoms. The fourth-order valence-corrected chi connectivity index (χ4v) is 2.02. The molecule has 0 bridgehead atoms. The molecule has 0 unspecified atom stereocenters. The first kappa shape index (κ1) is 13.3. The van der Waals surface area contributed by atoms with Gasteiger partial charge in [-0.2, -0.15) is 0 Å². The summed E-state index contributed by atoms with van der Waals surface area (Å²) in [6.45, 7) is 0. The van der Waals surface area contributed by atoms with Crippen LogP contribution in [0.1, 0.15) is 6.42 Å². The van der Waals surface area contributed by atoms with Crippen LogP contribution in [0.4, 0.5) is 11.4 Å². The summed E-state index contributed by atoms with van der Waals surface area (Å²) in [5.74, 6) is 0.261. The first-order valence-electron chi connectivity index (χ1n) is 4.78. The van der Waals surface area contributed by atoms with Gasteiger partial charge in [-0.25, -0.2) is 0 Å². The number of nitro benzene ring substituents is 1. The SMILES string of the molecule is COC(=O)CCSc1ccc([N+](=O)[O-])c(N)c1. The van der Waals surface area contributed by atoms with Crippen molar-refractivity contribution in [2.45, 2.75) is 11.3 Å². The molecule has 0 amide bonds. The molecule has 2 N–H and O–H groups in total. The van der Waals surface area contributed by atoms with Crippen LogP contribution in [0.2, 0.25) is 0 Å². The lowest BCUT2D eigenvalue weighted by atomic mass is 10.3. The molecule has 92 valence electrons. The van der Waals surface area contributed by atoms with Crippen molar-refractivity contribution >= 4 is 29.1 Å². The molecular weight excluding hydrogens is 244 g/mol. The Hall–Kier alpha value is -1.76. The Morgan fingerprint density at radius 1 is 1.59 bits per heavy atom. The summed E-state index contributed by atoms with van der Waals surface area (Å²) < 4.78 is 4.50. The minimum absolute atomic E-state index is 0.109. The van der Waals surface area contributed by atoms with E-state index in [4.69, 9.17) is 5.73 Å². The molecule has 0 aromatic heterocycles. The van der Waals surface area contributed by atoms with Gasteiger partial charge in [0.25, 0.3) is 5.69 Å². The number of carbonyl (C=O) groups is 1. The molecule has 0 saturated carbocycles. The Morgan fingerprint density at radius 2 is 2.29 bits per heavy atom. The number of thioether (sulfide) groups is 1. The summed E-state index contributed by atoms with van der Waals surface area (Å²) in [5, 5.41) is 10.5. The van der Waals surface area contributed by atoms with Crippen LogP contribution in [0, 0.1) is 10.1 Å². The number of hydrogen-bond acceptors (Lipinski definition) is 6. The van der Waals surface area contributed by atoms with Gasteiger partial charge in [0, 0.05) is 16.7 Å². The van der Waals surface area contributed by atoms with E-state index in [9.17, 15) is 14.9 Å². The fraction of sp³-hybridized carbons (Fsp3) is 0.300. The van der Waals surface area contributed by atoms with E-state index in [1.54, 1.807) is 6.07 Å². The van der Waals surface area contributed by atoms with Crippen molar-refractivity contribution in [1.82, 2.24) is 0 Å². The Morgan fingerprint density at radius 3 is 2.82 bits per heavy atom. The summed E-state index contributed by atoms with van der Waals surface area (Å²) in [6.07, 6.45) is 0.290. The largest absolute Gasteiger partial charge is 0.469 e. The van der Waals surface area contributed by atoms with E-state index in [-0.39, 0.29) is 23.8 Å². The number of methoxy groups -OCH3 is 1. The molecule has 7 heteroatoms. The van der Waals surface area contributed by atoms with Gasteiger partial charge < -0.3 is 10.5 Å². The number of nitrogen functional groups attached to an aromatic ring is 1. The normalized spacial score (nSPS) is 9.94. The number of rotatable bonds is 5.